The fraction of sp³-hybridized carbons (Fsp3) is 0.160. The molecule has 0 saturated heterocycles. The summed E-state index contributed by atoms with van der Waals surface area (Å²) in [6.07, 6.45) is 0. The van der Waals surface area contributed by atoms with Gasteiger partial charge in [0.05, 0.1) is 0 Å². The van der Waals surface area contributed by atoms with Gasteiger partial charge in [-0.05, 0) is 73.5 Å². The van der Waals surface area contributed by atoms with Crippen molar-refractivity contribution in [1.29, 1.82) is 0 Å². The second kappa shape index (κ2) is 10.4. The molecule has 0 unspecified atom stereocenters. The van der Waals surface area contributed by atoms with Gasteiger partial charge in [-0.3, -0.25) is 19.2 Å². The largest absolute Gasteiger partial charge is 0.326 e. The van der Waals surface area contributed by atoms with Crippen molar-refractivity contribution in [2.24, 2.45) is 0 Å². The molecule has 34 heavy (non-hydrogen) atoms. The number of amides is 4. The quantitative estimate of drug-likeness (QED) is 0.441. The molecule has 0 radical (unpaired) electrons. The van der Waals surface area contributed by atoms with Crippen molar-refractivity contribution < 1.29 is 19.2 Å². The monoisotopic (exact) mass is 459 g/mol. The van der Waals surface area contributed by atoms with Crippen LogP contribution in [-0.2, 0) is 9.59 Å². The molecule has 0 aliphatic rings. The Morgan fingerprint density at radius 1 is 0.618 bits per heavy atom. The highest BCUT2D eigenvalue weighted by Gasteiger charge is 2.14. The van der Waals surface area contributed by atoms with Gasteiger partial charge in [0.15, 0.2) is 0 Å². The van der Waals surface area contributed by atoms with Gasteiger partial charge in [0.1, 0.15) is 11.4 Å². The Morgan fingerprint density at radius 2 is 1.03 bits per heavy atom. The predicted octanol–water partition coefficient (Wildman–Crippen LogP) is 4.12. The average Bonchev–Trinajstić information content (AvgIpc) is 2.77. The van der Waals surface area contributed by atoms with Crippen LogP contribution in [0.2, 0.25) is 0 Å². The van der Waals surface area contributed by atoms with Gasteiger partial charge in [0.2, 0.25) is 11.8 Å². The van der Waals surface area contributed by atoms with E-state index in [-0.39, 0.29) is 23.2 Å². The van der Waals surface area contributed by atoms with Crippen LogP contribution in [0.4, 0.5) is 22.7 Å². The van der Waals surface area contributed by atoms with Crippen molar-refractivity contribution in [2.45, 2.75) is 27.7 Å². The molecule has 3 aromatic rings. The fourth-order valence-electron chi connectivity index (χ4n) is 3.22. The molecule has 0 fully saturated rings. The first-order chi connectivity index (χ1) is 16.1. The van der Waals surface area contributed by atoms with E-state index in [2.05, 4.69) is 26.3 Å². The molecule has 4 N–H and O–H groups in total. The first kappa shape index (κ1) is 24.1. The third kappa shape index (κ3) is 6.26. The SMILES string of the molecule is CC(=O)Nc1ccc(NC(=O)c2cccc(C(=O)Nc3ccc(NC(C)=O)c(C)c3)n2)cc1C. The summed E-state index contributed by atoms with van der Waals surface area (Å²) in [5, 5.41) is 10.9. The Labute approximate surface area is 197 Å². The number of aromatic nitrogens is 1. The topological polar surface area (TPSA) is 129 Å². The van der Waals surface area contributed by atoms with Gasteiger partial charge in [-0.1, -0.05) is 6.07 Å². The van der Waals surface area contributed by atoms with E-state index in [1.807, 2.05) is 13.8 Å². The van der Waals surface area contributed by atoms with Crippen LogP contribution in [0.3, 0.4) is 0 Å². The van der Waals surface area contributed by atoms with Crippen LogP contribution in [0.1, 0.15) is 46.0 Å². The molecule has 3 rings (SSSR count). The number of pyridine rings is 1. The summed E-state index contributed by atoms with van der Waals surface area (Å²) < 4.78 is 0. The summed E-state index contributed by atoms with van der Waals surface area (Å²) in [6, 6.07) is 14.8. The minimum absolute atomic E-state index is 0.0772. The number of nitrogens with zero attached hydrogens (tertiary/aromatic N) is 1. The first-order valence-electron chi connectivity index (χ1n) is 10.5. The van der Waals surface area contributed by atoms with E-state index in [0.29, 0.717) is 22.7 Å². The lowest BCUT2D eigenvalue weighted by Crippen LogP contribution is -2.18. The van der Waals surface area contributed by atoms with Gasteiger partial charge in [0.25, 0.3) is 11.8 Å². The molecule has 0 aliphatic heterocycles. The molecule has 0 atom stereocenters. The molecule has 9 heteroatoms. The number of carbonyl (C=O) groups excluding carboxylic acids is 4. The fourth-order valence-corrected chi connectivity index (χ4v) is 3.22. The molecule has 0 spiro atoms. The van der Waals surface area contributed by atoms with Gasteiger partial charge in [-0.25, -0.2) is 4.98 Å². The van der Waals surface area contributed by atoms with Crippen LogP contribution < -0.4 is 21.3 Å². The number of carbonyl (C=O) groups is 4. The number of hydrogen-bond acceptors (Lipinski definition) is 5. The molecular weight excluding hydrogens is 434 g/mol. The Hall–Kier alpha value is -4.53. The van der Waals surface area contributed by atoms with Crippen molar-refractivity contribution in [3.05, 3.63) is 77.1 Å². The van der Waals surface area contributed by atoms with Gasteiger partial charge >= 0.3 is 0 Å². The van der Waals surface area contributed by atoms with E-state index < -0.39 is 11.8 Å². The van der Waals surface area contributed by atoms with Crippen LogP contribution in [0.5, 0.6) is 0 Å². The molecule has 1 heterocycles. The predicted molar refractivity (Wildman–Crippen MR) is 131 cm³/mol. The van der Waals surface area contributed by atoms with E-state index in [1.165, 1.54) is 26.0 Å². The molecule has 9 nitrogen and oxygen atoms in total. The maximum absolute atomic E-state index is 12.7. The first-order valence-corrected chi connectivity index (χ1v) is 10.5. The third-order valence-electron chi connectivity index (χ3n) is 4.80. The summed E-state index contributed by atoms with van der Waals surface area (Å²) in [6.45, 7) is 6.47. The summed E-state index contributed by atoms with van der Waals surface area (Å²) >= 11 is 0. The number of aryl methyl sites for hydroxylation is 2. The van der Waals surface area contributed by atoms with Gasteiger partial charge < -0.3 is 21.3 Å². The smallest absolute Gasteiger partial charge is 0.274 e. The normalized spacial score (nSPS) is 10.2. The number of anilines is 4. The third-order valence-corrected chi connectivity index (χ3v) is 4.80. The summed E-state index contributed by atoms with van der Waals surface area (Å²) in [5.74, 6) is -1.32. The number of nitrogens with one attached hydrogen (secondary N) is 4. The lowest BCUT2D eigenvalue weighted by atomic mass is 10.1. The number of rotatable bonds is 6. The van der Waals surface area contributed by atoms with E-state index in [9.17, 15) is 19.2 Å². The van der Waals surface area contributed by atoms with Crippen LogP contribution >= 0.6 is 0 Å². The highest BCUT2D eigenvalue weighted by Crippen LogP contribution is 2.21. The van der Waals surface area contributed by atoms with Crippen LogP contribution in [0.15, 0.2) is 54.6 Å². The minimum atomic E-state index is -0.475. The van der Waals surface area contributed by atoms with Crippen molar-refractivity contribution in [3.63, 3.8) is 0 Å². The Kier molecular flexibility index (Phi) is 7.37. The lowest BCUT2D eigenvalue weighted by molar-refractivity contribution is -0.115. The highest BCUT2D eigenvalue weighted by atomic mass is 16.2. The van der Waals surface area contributed by atoms with Crippen molar-refractivity contribution >= 4 is 46.4 Å². The zero-order chi connectivity index (χ0) is 24.8. The average molecular weight is 460 g/mol. The summed E-state index contributed by atoms with van der Waals surface area (Å²) in [7, 11) is 0. The van der Waals surface area contributed by atoms with Crippen molar-refractivity contribution in [3.8, 4) is 0 Å². The number of benzene rings is 2. The van der Waals surface area contributed by atoms with E-state index in [0.717, 1.165) is 11.1 Å². The standard InChI is InChI=1S/C25H25N5O4/c1-14-12-18(8-10-20(14)26-16(3)31)28-24(33)22-6-5-7-23(30-22)25(34)29-19-9-11-21(15(2)13-19)27-17(4)32/h5-13H,1-4H3,(H,26,31)(H,27,32)(H,28,33)(H,29,34). The molecule has 1 aromatic heterocycles. The second-order valence-electron chi connectivity index (χ2n) is 7.74. The molecule has 0 aliphatic carbocycles. The molecular formula is C25H25N5O4. The Morgan fingerprint density at radius 3 is 1.38 bits per heavy atom. The zero-order valence-electron chi connectivity index (χ0n) is 19.3. The Balaban J connectivity index is 1.70. The summed E-state index contributed by atoms with van der Waals surface area (Å²) in [5.41, 5.74) is 4.10. The second-order valence-corrected chi connectivity index (χ2v) is 7.74. The van der Waals surface area contributed by atoms with Crippen LogP contribution in [-0.4, -0.2) is 28.6 Å². The molecule has 2 aromatic carbocycles. The molecule has 4 amide bonds. The maximum atomic E-state index is 12.7. The highest BCUT2D eigenvalue weighted by molar-refractivity contribution is 6.06. The van der Waals surface area contributed by atoms with Gasteiger partial charge in [-0.2, -0.15) is 0 Å². The van der Waals surface area contributed by atoms with E-state index in [4.69, 9.17) is 0 Å². The maximum Gasteiger partial charge on any atom is 0.274 e. The minimum Gasteiger partial charge on any atom is -0.326 e. The van der Waals surface area contributed by atoms with E-state index in [1.54, 1.807) is 42.5 Å². The Bertz CT molecular complexity index is 1190. The lowest BCUT2D eigenvalue weighted by Gasteiger charge is -2.11. The molecule has 174 valence electrons. The van der Waals surface area contributed by atoms with Crippen LogP contribution in [0.25, 0.3) is 0 Å². The summed E-state index contributed by atoms with van der Waals surface area (Å²) in [4.78, 5) is 52.0. The molecule has 0 bridgehead atoms. The van der Waals surface area contributed by atoms with Crippen molar-refractivity contribution in [1.82, 2.24) is 4.98 Å². The van der Waals surface area contributed by atoms with Crippen LogP contribution in [0, 0.1) is 13.8 Å². The van der Waals surface area contributed by atoms with Gasteiger partial charge in [0, 0.05) is 36.6 Å². The zero-order valence-corrected chi connectivity index (χ0v) is 19.3. The molecule has 0 saturated carbocycles. The number of hydrogen-bond donors (Lipinski definition) is 4. The van der Waals surface area contributed by atoms with Crippen molar-refractivity contribution in [2.75, 3.05) is 21.3 Å². The van der Waals surface area contributed by atoms with E-state index >= 15 is 0 Å². The van der Waals surface area contributed by atoms with Gasteiger partial charge in [-0.15, -0.1) is 0 Å².